The first-order chi connectivity index (χ1) is 10.3. The predicted octanol–water partition coefficient (Wildman–Crippen LogP) is 0.500. The van der Waals surface area contributed by atoms with Crippen LogP contribution in [0.2, 0.25) is 0 Å². The predicted molar refractivity (Wildman–Crippen MR) is 97.9 cm³/mol. The van der Waals surface area contributed by atoms with Crippen LogP contribution in [0.1, 0.15) is 26.2 Å². The van der Waals surface area contributed by atoms with Crippen LogP contribution in [-0.4, -0.2) is 85.0 Å². The second-order valence-corrected chi connectivity index (χ2v) is 6.33. The van der Waals surface area contributed by atoms with Gasteiger partial charge in [0, 0.05) is 32.2 Å². The van der Waals surface area contributed by atoms with Gasteiger partial charge in [-0.15, -0.1) is 24.0 Å². The normalized spacial score (nSPS) is 32.7. The number of nitrogens with one attached hydrogen (secondary N) is 1. The van der Waals surface area contributed by atoms with Crippen molar-refractivity contribution in [3.8, 4) is 0 Å². The number of likely N-dealkylation sites (tertiary alicyclic amines) is 1. The van der Waals surface area contributed by atoms with E-state index in [1.54, 1.807) is 0 Å². The molecule has 2 unspecified atom stereocenters. The summed E-state index contributed by atoms with van der Waals surface area (Å²) in [5.74, 6) is 0.918. The first kappa shape index (κ1) is 18.2. The fraction of sp³-hybridized carbons (Fsp3) is 0.933. The van der Waals surface area contributed by atoms with E-state index < -0.39 is 0 Å². The van der Waals surface area contributed by atoms with Crippen LogP contribution in [0.25, 0.3) is 0 Å². The van der Waals surface area contributed by atoms with E-state index in [1.807, 2.05) is 0 Å². The Hall–Kier alpha value is -0.120. The third kappa shape index (κ3) is 4.46. The molecule has 3 saturated heterocycles. The number of nitrogens with zero attached hydrogens (tertiary/aromatic N) is 3. The second kappa shape index (κ2) is 8.65. The number of fused-ring (bicyclic) bond motifs is 1. The Morgan fingerprint density at radius 2 is 2.18 bits per heavy atom. The minimum atomic E-state index is -0.217. The maximum atomic E-state index is 9.68. The Morgan fingerprint density at radius 1 is 1.32 bits per heavy atom. The average molecular weight is 424 g/mol. The van der Waals surface area contributed by atoms with Crippen molar-refractivity contribution in [1.29, 1.82) is 0 Å². The van der Waals surface area contributed by atoms with E-state index in [-0.39, 0.29) is 36.2 Å². The zero-order valence-electron chi connectivity index (χ0n) is 13.4. The first-order valence-corrected chi connectivity index (χ1v) is 8.33. The molecule has 3 aliphatic rings. The number of aliphatic hydroxyl groups is 1. The molecule has 22 heavy (non-hydrogen) atoms. The standard InChI is InChI=1S/C15H28N4O2.HI/c1-2-16-15(19-7-5-13(20)9-19)17-8-14-10-18-6-3-4-12(18)11-21-14;/h12-14,20H,2-11H2,1H3,(H,16,17);1H/t12?,13-,14?;/m1./s1. The van der Waals surface area contributed by atoms with Gasteiger partial charge < -0.3 is 20.1 Å². The monoisotopic (exact) mass is 424 g/mol. The lowest BCUT2D eigenvalue weighted by Crippen LogP contribution is -2.48. The molecule has 128 valence electrons. The molecular weight excluding hydrogens is 395 g/mol. The number of hydrogen-bond donors (Lipinski definition) is 2. The molecule has 2 N–H and O–H groups in total. The Labute approximate surface area is 150 Å². The molecule has 7 heteroatoms. The van der Waals surface area contributed by atoms with Crippen molar-refractivity contribution in [2.75, 3.05) is 45.9 Å². The maximum Gasteiger partial charge on any atom is 0.194 e. The highest BCUT2D eigenvalue weighted by molar-refractivity contribution is 14.0. The first-order valence-electron chi connectivity index (χ1n) is 8.33. The highest BCUT2D eigenvalue weighted by Gasteiger charge is 2.32. The summed E-state index contributed by atoms with van der Waals surface area (Å²) >= 11 is 0. The number of aliphatic imine (C=N–C) groups is 1. The molecule has 0 aromatic heterocycles. The summed E-state index contributed by atoms with van der Waals surface area (Å²) in [7, 11) is 0. The second-order valence-electron chi connectivity index (χ2n) is 6.33. The fourth-order valence-corrected chi connectivity index (χ4v) is 3.54. The number of rotatable bonds is 3. The molecule has 0 saturated carbocycles. The number of morpholine rings is 1. The van der Waals surface area contributed by atoms with Gasteiger partial charge in [0.05, 0.1) is 25.4 Å². The van der Waals surface area contributed by atoms with Crippen LogP contribution in [0.3, 0.4) is 0 Å². The summed E-state index contributed by atoms with van der Waals surface area (Å²) in [5.41, 5.74) is 0. The van der Waals surface area contributed by atoms with Gasteiger partial charge in [-0.05, 0) is 32.7 Å². The molecule has 0 radical (unpaired) electrons. The van der Waals surface area contributed by atoms with Gasteiger partial charge in [0.25, 0.3) is 0 Å². The smallest absolute Gasteiger partial charge is 0.194 e. The third-order valence-corrected chi connectivity index (χ3v) is 4.70. The van der Waals surface area contributed by atoms with Crippen LogP contribution in [0, 0.1) is 0 Å². The van der Waals surface area contributed by atoms with Gasteiger partial charge in [-0.25, -0.2) is 0 Å². The Morgan fingerprint density at radius 3 is 2.91 bits per heavy atom. The molecule has 0 spiro atoms. The molecule has 3 fully saturated rings. The lowest BCUT2D eigenvalue weighted by atomic mass is 10.2. The van der Waals surface area contributed by atoms with Crippen LogP contribution < -0.4 is 5.32 Å². The van der Waals surface area contributed by atoms with Crippen LogP contribution in [0.15, 0.2) is 4.99 Å². The van der Waals surface area contributed by atoms with Crippen molar-refractivity contribution in [3.05, 3.63) is 0 Å². The van der Waals surface area contributed by atoms with Crippen molar-refractivity contribution >= 4 is 29.9 Å². The quantitative estimate of drug-likeness (QED) is 0.393. The molecule has 0 aromatic carbocycles. The molecule has 0 bridgehead atoms. The molecule has 3 aliphatic heterocycles. The molecule has 3 atom stereocenters. The molecule has 3 heterocycles. The Balaban J connectivity index is 0.00000176. The van der Waals surface area contributed by atoms with Crippen LogP contribution in [0.5, 0.6) is 0 Å². The van der Waals surface area contributed by atoms with Gasteiger partial charge in [0.15, 0.2) is 5.96 Å². The number of hydrogen-bond acceptors (Lipinski definition) is 4. The van der Waals surface area contributed by atoms with Crippen LogP contribution in [0.4, 0.5) is 0 Å². The SMILES string of the molecule is CCNC(=NCC1CN2CCCC2CO1)N1CC[C@@H](O)C1.I. The van der Waals surface area contributed by atoms with Gasteiger partial charge >= 0.3 is 0 Å². The zero-order chi connectivity index (χ0) is 14.7. The number of halogens is 1. The van der Waals surface area contributed by atoms with Crippen LogP contribution >= 0.6 is 24.0 Å². The summed E-state index contributed by atoms with van der Waals surface area (Å²) in [6, 6.07) is 0.646. The fourth-order valence-electron chi connectivity index (χ4n) is 3.54. The summed E-state index contributed by atoms with van der Waals surface area (Å²) in [5, 5.41) is 13.0. The van der Waals surface area contributed by atoms with Crippen molar-refractivity contribution < 1.29 is 9.84 Å². The minimum Gasteiger partial charge on any atom is -0.391 e. The number of ether oxygens (including phenoxy) is 1. The van der Waals surface area contributed by atoms with E-state index in [0.717, 1.165) is 38.6 Å². The Bertz CT molecular complexity index is 383. The highest BCUT2D eigenvalue weighted by atomic mass is 127. The lowest BCUT2D eigenvalue weighted by Gasteiger charge is -2.34. The van der Waals surface area contributed by atoms with E-state index in [4.69, 9.17) is 9.73 Å². The van der Waals surface area contributed by atoms with Gasteiger partial charge in [0.1, 0.15) is 0 Å². The van der Waals surface area contributed by atoms with E-state index in [2.05, 4.69) is 22.0 Å². The summed E-state index contributed by atoms with van der Waals surface area (Å²) in [4.78, 5) is 9.44. The van der Waals surface area contributed by atoms with Crippen molar-refractivity contribution in [2.24, 2.45) is 4.99 Å². The summed E-state index contributed by atoms with van der Waals surface area (Å²) in [6.07, 6.45) is 3.41. The van der Waals surface area contributed by atoms with Crippen LogP contribution in [-0.2, 0) is 4.74 Å². The van der Waals surface area contributed by atoms with E-state index in [9.17, 15) is 5.11 Å². The topological polar surface area (TPSA) is 60.3 Å². The molecule has 0 amide bonds. The Kier molecular flexibility index (Phi) is 7.17. The largest absolute Gasteiger partial charge is 0.391 e. The number of β-amino-alcohol motifs (C(OH)–C–C–N with tert-alkyl or cyclic N) is 1. The number of aliphatic hydroxyl groups excluding tert-OH is 1. The van der Waals surface area contributed by atoms with E-state index in [0.29, 0.717) is 19.1 Å². The van der Waals surface area contributed by atoms with Crippen molar-refractivity contribution in [1.82, 2.24) is 15.1 Å². The highest BCUT2D eigenvalue weighted by Crippen LogP contribution is 2.22. The maximum absolute atomic E-state index is 9.68. The molecule has 6 nitrogen and oxygen atoms in total. The van der Waals surface area contributed by atoms with Gasteiger partial charge in [-0.3, -0.25) is 9.89 Å². The van der Waals surface area contributed by atoms with E-state index >= 15 is 0 Å². The van der Waals surface area contributed by atoms with Crippen molar-refractivity contribution in [3.63, 3.8) is 0 Å². The molecule has 0 aliphatic carbocycles. The van der Waals surface area contributed by atoms with Crippen molar-refractivity contribution in [2.45, 2.75) is 44.4 Å². The summed E-state index contributed by atoms with van der Waals surface area (Å²) in [6.45, 7) is 8.29. The lowest BCUT2D eigenvalue weighted by molar-refractivity contribution is -0.0432. The number of guanidine groups is 1. The zero-order valence-corrected chi connectivity index (χ0v) is 15.7. The van der Waals surface area contributed by atoms with Gasteiger partial charge in [-0.1, -0.05) is 0 Å². The third-order valence-electron chi connectivity index (χ3n) is 4.70. The average Bonchev–Trinajstić information content (AvgIpc) is 3.11. The van der Waals surface area contributed by atoms with Gasteiger partial charge in [-0.2, -0.15) is 0 Å². The minimum absolute atomic E-state index is 0. The molecule has 3 rings (SSSR count). The molecular formula is C15H29IN4O2. The summed E-state index contributed by atoms with van der Waals surface area (Å²) < 4.78 is 5.96. The van der Waals surface area contributed by atoms with E-state index in [1.165, 1.54) is 19.4 Å². The molecule has 0 aromatic rings. The van der Waals surface area contributed by atoms with Gasteiger partial charge in [0.2, 0.25) is 0 Å².